The molecule has 0 spiro atoms. The van der Waals surface area contributed by atoms with Gasteiger partial charge in [0.1, 0.15) is 0 Å². The molecule has 0 unspecified atom stereocenters. The summed E-state index contributed by atoms with van der Waals surface area (Å²) < 4.78 is 68.0. The first-order valence-electron chi connectivity index (χ1n) is 7.44. The maximum atomic E-state index is 13.0. The van der Waals surface area contributed by atoms with Crippen LogP contribution >= 0.6 is 11.8 Å². The molecule has 0 radical (unpaired) electrons. The Labute approximate surface area is 150 Å². The van der Waals surface area contributed by atoms with Crippen molar-refractivity contribution in [3.63, 3.8) is 0 Å². The predicted molar refractivity (Wildman–Crippen MR) is 87.8 cm³/mol. The molecule has 2 rings (SSSR count). The van der Waals surface area contributed by atoms with Crippen LogP contribution in [0.4, 0.5) is 22.0 Å². The third-order valence-electron chi connectivity index (χ3n) is 3.40. The van der Waals surface area contributed by atoms with Gasteiger partial charge in [-0.05, 0) is 30.0 Å². The molecule has 0 aliphatic rings. The minimum absolute atomic E-state index is 0.194. The Bertz CT molecular complexity index is 836. The van der Waals surface area contributed by atoms with Crippen LogP contribution in [0.3, 0.4) is 0 Å². The Morgan fingerprint density at radius 1 is 1.19 bits per heavy atom. The maximum absolute atomic E-state index is 13.0. The van der Waals surface area contributed by atoms with Gasteiger partial charge in [0.25, 0.3) is 5.56 Å². The Balaban J connectivity index is 2.34. The van der Waals surface area contributed by atoms with Gasteiger partial charge >= 0.3 is 12.1 Å². The smallest absolute Gasteiger partial charge is 0.456 e. The van der Waals surface area contributed by atoms with Crippen LogP contribution < -0.4 is 10.3 Å². The molecule has 0 aliphatic heterocycles. The third-order valence-corrected chi connectivity index (χ3v) is 4.33. The molecule has 2 aromatic heterocycles. The molecule has 10 heteroatoms. The zero-order chi connectivity index (χ0) is 19.5. The van der Waals surface area contributed by atoms with E-state index in [-0.39, 0.29) is 5.56 Å². The lowest BCUT2D eigenvalue weighted by molar-refractivity contribution is -0.290. The number of aromatic nitrogens is 2. The van der Waals surface area contributed by atoms with Gasteiger partial charge in [-0.2, -0.15) is 22.0 Å². The van der Waals surface area contributed by atoms with Crippen molar-refractivity contribution in [1.82, 2.24) is 9.55 Å². The summed E-state index contributed by atoms with van der Waals surface area (Å²) in [7, 11) is 1.22. The Morgan fingerprint density at radius 2 is 1.88 bits per heavy atom. The topological polar surface area (TPSA) is 44.1 Å². The van der Waals surface area contributed by atoms with Crippen molar-refractivity contribution in [1.29, 1.82) is 0 Å². The van der Waals surface area contributed by atoms with Crippen molar-refractivity contribution in [3.05, 3.63) is 40.8 Å². The Hall–Kier alpha value is -2.10. The highest BCUT2D eigenvalue weighted by molar-refractivity contribution is 7.99. The van der Waals surface area contributed by atoms with E-state index in [4.69, 9.17) is 0 Å². The number of pyridine rings is 2. The van der Waals surface area contributed by atoms with Gasteiger partial charge in [0.05, 0.1) is 11.3 Å². The maximum Gasteiger partial charge on any atom is 0.456 e. The van der Waals surface area contributed by atoms with Gasteiger partial charge in [0.2, 0.25) is 0 Å². The van der Waals surface area contributed by atoms with E-state index in [1.165, 1.54) is 31.1 Å². The third kappa shape index (κ3) is 4.17. The molecule has 2 aromatic rings. The van der Waals surface area contributed by atoms with Crippen LogP contribution in [0, 0.1) is 0 Å². The number of alkyl halides is 5. The van der Waals surface area contributed by atoms with Crippen LogP contribution in [0.5, 0.6) is 5.88 Å². The number of halogens is 5. The van der Waals surface area contributed by atoms with Gasteiger partial charge in [0.15, 0.2) is 12.5 Å². The van der Waals surface area contributed by atoms with Gasteiger partial charge < -0.3 is 4.74 Å². The first kappa shape index (κ1) is 20.2. The summed E-state index contributed by atoms with van der Waals surface area (Å²) in [5.74, 6) is -4.68. The Morgan fingerprint density at radius 3 is 2.50 bits per heavy atom. The van der Waals surface area contributed by atoms with Crippen LogP contribution in [-0.4, -0.2) is 34.0 Å². The first-order valence-corrected chi connectivity index (χ1v) is 8.42. The summed E-state index contributed by atoms with van der Waals surface area (Å²) >= 11 is 1.47. The number of ether oxygens (including phenoxy) is 1. The van der Waals surface area contributed by atoms with E-state index in [1.807, 2.05) is 6.92 Å². The molecule has 0 aliphatic carbocycles. The van der Waals surface area contributed by atoms with Crippen LogP contribution in [0.2, 0.25) is 0 Å². The second-order valence-corrected chi connectivity index (χ2v) is 6.53. The lowest BCUT2D eigenvalue weighted by Gasteiger charge is -2.20. The molecule has 0 atom stereocenters. The van der Waals surface area contributed by atoms with Crippen LogP contribution in [-0.2, 0) is 7.05 Å². The van der Waals surface area contributed by atoms with Crippen molar-refractivity contribution in [2.24, 2.45) is 7.05 Å². The molecule has 0 saturated carbocycles. The van der Waals surface area contributed by atoms with Crippen molar-refractivity contribution in [2.75, 3.05) is 12.4 Å². The lowest BCUT2D eigenvalue weighted by atomic mass is 10.2. The van der Waals surface area contributed by atoms with E-state index in [1.54, 1.807) is 12.1 Å². The lowest BCUT2D eigenvalue weighted by Crippen LogP contribution is -2.42. The monoisotopic (exact) mass is 394 g/mol. The molecule has 0 saturated heterocycles. The quantitative estimate of drug-likeness (QED) is 0.546. The molecule has 4 nitrogen and oxygen atoms in total. The summed E-state index contributed by atoms with van der Waals surface area (Å²) in [6.45, 7) is 0.0148. The number of rotatable bonds is 6. The predicted octanol–water partition coefficient (Wildman–Crippen LogP) is 4.14. The molecule has 2 heterocycles. The molecular formula is C16H15F5N2O2S. The first-order chi connectivity index (χ1) is 12.1. The molecule has 26 heavy (non-hydrogen) atoms. The van der Waals surface area contributed by atoms with Crippen LogP contribution in [0.1, 0.15) is 6.92 Å². The summed E-state index contributed by atoms with van der Waals surface area (Å²) in [5, 5.41) is 0. The van der Waals surface area contributed by atoms with Crippen LogP contribution in [0.25, 0.3) is 11.3 Å². The van der Waals surface area contributed by atoms with Crippen molar-refractivity contribution in [3.8, 4) is 17.1 Å². The number of hydrogen-bond donors (Lipinski definition) is 0. The largest absolute Gasteiger partial charge is 0.472 e. The molecule has 0 aromatic carbocycles. The van der Waals surface area contributed by atoms with Crippen molar-refractivity contribution >= 4 is 11.8 Å². The van der Waals surface area contributed by atoms with Crippen LogP contribution in [0.15, 0.2) is 40.2 Å². The minimum atomic E-state index is -5.73. The van der Waals surface area contributed by atoms with E-state index < -0.39 is 30.1 Å². The number of thioether (sulfide) groups is 1. The van der Waals surface area contributed by atoms with E-state index in [9.17, 15) is 26.7 Å². The summed E-state index contributed by atoms with van der Waals surface area (Å²) in [4.78, 5) is 17.4. The summed E-state index contributed by atoms with van der Waals surface area (Å²) in [5.41, 5.74) is -0.0134. The summed E-state index contributed by atoms with van der Waals surface area (Å²) in [6.07, 6.45) is -4.23. The molecule has 0 N–H and O–H groups in total. The second-order valence-electron chi connectivity index (χ2n) is 5.22. The highest BCUT2D eigenvalue weighted by Crippen LogP contribution is 2.35. The molecule has 0 fully saturated rings. The minimum Gasteiger partial charge on any atom is -0.472 e. The summed E-state index contributed by atoms with van der Waals surface area (Å²) in [6, 6.07) is 5.95. The zero-order valence-electron chi connectivity index (χ0n) is 13.8. The van der Waals surface area contributed by atoms with E-state index in [0.717, 1.165) is 21.3 Å². The number of hydrogen-bond acceptors (Lipinski definition) is 4. The highest BCUT2D eigenvalue weighted by atomic mass is 32.2. The SMILES string of the molecule is CCSc1cccnc1-c1ccc(OCC(F)(F)C(F)(F)F)n(C)c1=O. The van der Waals surface area contributed by atoms with E-state index in [2.05, 4.69) is 9.72 Å². The zero-order valence-corrected chi connectivity index (χ0v) is 14.6. The number of nitrogens with zero attached hydrogens (tertiary/aromatic N) is 2. The average Bonchev–Trinajstić information content (AvgIpc) is 2.56. The molecule has 142 valence electrons. The van der Waals surface area contributed by atoms with Gasteiger partial charge in [-0.1, -0.05) is 6.92 Å². The second kappa shape index (κ2) is 7.65. The fraction of sp³-hybridized carbons (Fsp3) is 0.375. The molecular weight excluding hydrogens is 379 g/mol. The van der Waals surface area contributed by atoms with E-state index in [0.29, 0.717) is 5.69 Å². The normalized spacial score (nSPS) is 12.3. The van der Waals surface area contributed by atoms with E-state index >= 15 is 0 Å². The molecule has 0 amide bonds. The fourth-order valence-corrected chi connectivity index (χ4v) is 2.84. The Kier molecular flexibility index (Phi) is 5.94. The van der Waals surface area contributed by atoms with Gasteiger partial charge in [-0.3, -0.25) is 14.3 Å². The highest BCUT2D eigenvalue weighted by Gasteiger charge is 2.58. The average molecular weight is 394 g/mol. The van der Waals surface area contributed by atoms with Gasteiger partial charge in [-0.15, -0.1) is 11.8 Å². The van der Waals surface area contributed by atoms with Gasteiger partial charge in [0, 0.05) is 18.1 Å². The standard InChI is InChI=1S/C16H15F5N2O2S/c1-3-26-11-5-4-8-22-13(11)10-6-7-12(23(2)14(10)24)25-9-15(17,18)16(19,20)21/h4-8H,3,9H2,1-2H3. The molecule has 0 bridgehead atoms. The van der Waals surface area contributed by atoms with Crippen molar-refractivity contribution in [2.45, 2.75) is 23.9 Å². The van der Waals surface area contributed by atoms with Gasteiger partial charge in [-0.25, -0.2) is 0 Å². The van der Waals surface area contributed by atoms with Crippen molar-refractivity contribution < 1.29 is 26.7 Å². The fourth-order valence-electron chi connectivity index (χ4n) is 2.05.